The van der Waals surface area contributed by atoms with Crippen LogP contribution in [0.4, 0.5) is 4.79 Å². The zero-order valence-electron chi connectivity index (χ0n) is 15.3. The van der Waals surface area contributed by atoms with Crippen LogP contribution in [0.1, 0.15) is 38.2 Å². The first-order chi connectivity index (χ1) is 12.5. The summed E-state index contributed by atoms with van der Waals surface area (Å²) < 4.78 is 5.09. The number of hydrogen-bond donors (Lipinski definition) is 2. The first-order valence-electron chi connectivity index (χ1n) is 8.10. The molecule has 9 heteroatoms. The highest BCUT2D eigenvalue weighted by Gasteiger charge is 2.24. The van der Waals surface area contributed by atoms with E-state index in [0.717, 1.165) is 5.56 Å². The largest absolute Gasteiger partial charge is 0.448 e. The third-order valence-electron chi connectivity index (χ3n) is 3.16. The molecule has 0 spiro atoms. The second-order valence-corrected chi connectivity index (χ2v) is 8.08. The highest BCUT2D eigenvalue weighted by Crippen LogP contribution is 2.26. The lowest BCUT2D eigenvalue weighted by Gasteiger charge is -2.21. The molecule has 1 aromatic carbocycles. The number of carbonyl (C=O) groups is 3. The number of hydrogen-bond acceptors (Lipinski definition) is 6. The summed E-state index contributed by atoms with van der Waals surface area (Å²) in [6, 6.07) is 6.42. The molecule has 0 aliphatic heterocycles. The topological polar surface area (TPSA) is 97.4 Å². The van der Waals surface area contributed by atoms with Gasteiger partial charge in [0, 0.05) is 21.5 Å². The predicted octanol–water partition coefficient (Wildman–Crippen LogP) is 3.63. The van der Waals surface area contributed by atoms with Gasteiger partial charge in [-0.2, -0.15) is 0 Å². The monoisotopic (exact) mass is 409 g/mol. The van der Waals surface area contributed by atoms with Crippen molar-refractivity contribution in [1.29, 1.82) is 0 Å². The van der Waals surface area contributed by atoms with Gasteiger partial charge in [0.15, 0.2) is 11.8 Å². The van der Waals surface area contributed by atoms with Crippen LogP contribution in [-0.2, 0) is 9.53 Å². The molecule has 3 amide bonds. The number of nitrogens with zero attached hydrogens (tertiary/aromatic N) is 1. The van der Waals surface area contributed by atoms with Crippen molar-refractivity contribution < 1.29 is 19.1 Å². The average Bonchev–Trinajstić information content (AvgIpc) is 3.03. The standard InChI is InChI=1S/C18H20ClN3O4S/c1-10(14(23)21-17(25)22-18(2,3)4)26-16(24)13-9-27-15(20-13)11-6-5-7-12(19)8-11/h5-10H,1-4H3,(H2,21,22,23,25). The van der Waals surface area contributed by atoms with Crippen LogP contribution in [0.25, 0.3) is 10.6 Å². The molecule has 0 aliphatic carbocycles. The van der Waals surface area contributed by atoms with Crippen molar-refractivity contribution >= 4 is 40.8 Å². The van der Waals surface area contributed by atoms with Gasteiger partial charge in [-0.1, -0.05) is 23.7 Å². The summed E-state index contributed by atoms with van der Waals surface area (Å²) in [6.07, 6.45) is -1.15. The molecule has 0 saturated heterocycles. The van der Waals surface area contributed by atoms with E-state index < -0.39 is 29.6 Å². The summed E-state index contributed by atoms with van der Waals surface area (Å²) in [5, 5.41) is 7.42. The molecule has 0 saturated carbocycles. The van der Waals surface area contributed by atoms with Crippen LogP contribution in [0, 0.1) is 0 Å². The Balaban J connectivity index is 1.96. The summed E-state index contributed by atoms with van der Waals surface area (Å²) >= 11 is 7.21. The third-order valence-corrected chi connectivity index (χ3v) is 4.29. The van der Waals surface area contributed by atoms with E-state index in [-0.39, 0.29) is 5.69 Å². The van der Waals surface area contributed by atoms with Gasteiger partial charge in [0.25, 0.3) is 5.91 Å². The van der Waals surface area contributed by atoms with Crippen LogP contribution in [0.2, 0.25) is 5.02 Å². The van der Waals surface area contributed by atoms with Crippen molar-refractivity contribution in [3.8, 4) is 10.6 Å². The van der Waals surface area contributed by atoms with E-state index in [1.807, 2.05) is 6.07 Å². The number of esters is 1. The highest BCUT2D eigenvalue weighted by molar-refractivity contribution is 7.13. The van der Waals surface area contributed by atoms with Crippen molar-refractivity contribution in [2.24, 2.45) is 0 Å². The molecule has 0 radical (unpaired) electrons. The lowest BCUT2D eigenvalue weighted by molar-refractivity contribution is -0.127. The highest BCUT2D eigenvalue weighted by atomic mass is 35.5. The van der Waals surface area contributed by atoms with Crippen LogP contribution >= 0.6 is 22.9 Å². The number of thiazole rings is 1. The molecule has 0 aliphatic rings. The van der Waals surface area contributed by atoms with Gasteiger partial charge in [-0.25, -0.2) is 14.6 Å². The molecular formula is C18H20ClN3O4S. The molecule has 144 valence electrons. The molecular weight excluding hydrogens is 390 g/mol. The Morgan fingerprint density at radius 3 is 2.59 bits per heavy atom. The number of nitrogens with one attached hydrogen (secondary N) is 2. The summed E-state index contributed by atoms with van der Waals surface area (Å²) in [6.45, 7) is 6.71. The Bertz CT molecular complexity index is 860. The number of rotatable bonds is 4. The van der Waals surface area contributed by atoms with E-state index in [4.69, 9.17) is 16.3 Å². The Kier molecular flexibility index (Phi) is 6.56. The van der Waals surface area contributed by atoms with Crippen molar-refractivity contribution in [3.63, 3.8) is 0 Å². The van der Waals surface area contributed by atoms with Gasteiger partial charge in [-0.15, -0.1) is 11.3 Å². The van der Waals surface area contributed by atoms with Gasteiger partial charge < -0.3 is 10.1 Å². The average molecular weight is 410 g/mol. The normalized spacial score (nSPS) is 12.2. The summed E-state index contributed by atoms with van der Waals surface area (Å²) in [5.41, 5.74) is 0.353. The van der Waals surface area contributed by atoms with Gasteiger partial charge >= 0.3 is 12.0 Å². The van der Waals surface area contributed by atoms with Gasteiger partial charge in [0.1, 0.15) is 5.01 Å². The fraction of sp³-hybridized carbons (Fsp3) is 0.333. The maximum Gasteiger partial charge on any atom is 0.358 e. The lowest BCUT2D eigenvalue weighted by atomic mass is 10.1. The summed E-state index contributed by atoms with van der Waals surface area (Å²) in [5.74, 6) is -1.48. The van der Waals surface area contributed by atoms with Crippen molar-refractivity contribution in [3.05, 3.63) is 40.4 Å². The van der Waals surface area contributed by atoms with Gasteiger partial charge in [0.2, 0.25) is 0 Å². The maximum absolute atomic E-state index is 12.2. The first kappa shape index (κ1) is 20.9. The number of amides is 3. The molecule has 1 unspecified atom stereocenters. The van der Waals surface area contributed by atoms with Gasteiger partial charge in [-0.05, 0) is 39.8 Å². The number of imide groups is 1. The van der Waals surface area contributed by atoms with Crippen molar-refractivity contribution in [2.75, 3.05) is 0 Å². The second-order valence-electron chi connectivity index (χ2n) is 6.79. The van der Waals surface area contributed by atoms with E-state index in [1.165, 1.54) is 23.6 Å². The molecule has 1 atom stereocenters. The van der Waals surface area contributed by atoms with Crippen LogP contribution in [0.5, 0.6) is 0 Å². The number of aromatic nitrogens is 1. The van der Waals surface area contributed by atoms with E-state index >= 15 is 0 Å². The molecule has 2 rings (SSSR count). The third kappa shape index (κ3) is 6.33. The Hall–Kier alpha value is -2.45. The summed E-state index contributed by atoms with van der Waals surface area (Å²) in [4.78, 5) is 40.1. The van der Waals surface area contributed by atoms with Crippen LogP contribution in [-0.4, -0.2) is 34.5 Å². The molecule has 1 heterocycles. The fourth-order valence-corrected chi connectivity index (χ4v) is 2.96. The predicted molar refractivity (Wildman–Crippen MR) is 104 cm³/mol. The van der Waals surface area contributed by atoms with Crippen molar-refractivity contribution in [2.45, 2.75) is 39.3 Å². The number of halogens is 1. The zero-order chi connectivity index (χ0) is 20.2. The number of urea groups is 1. The maximum atomic E-state index is 12.2. The van der Waals surface area contributed by atoms with E-state index in [0.29, 0.717) is 10.0 Å². The molecule has 2 N–H and O–H groups in total. The fourth-order valence-electron chi connectivity index (χ4n) is 1.98. The molecule has 0 bridgehead atoms. The smallest absolute Gasteiger partial charge is 0.358 e. The van der Waals surface area contributed by atoms with Gasteiger partial charge in [-0.3, -0.25) is 10.1 Å². The van der Waals surface area contributed by atoms with E-state index in [1.54, 1.807) is 39.0 Å². The molecule has 7 nitrogen and oxygen atoms in total. The van der Waals surface area contributed by atoms with E-state index in [9.17, 15) is 14.4 Å². The second kappa shape index (κ2) is 8.49. The van der Waals surface area contributed by atoms with Crippen LogP contribution in [0.15, 0.2) is 29.6 Å². The molecule has 2 aromatic rings. The molecule has 1 aromatic heterocycles. The quantitative estimate of drug-likeness (QED) is 0.751. The Morgan fingerprint density at radius 2 is 1.96 bits per heavy atom. The Labute approximate surface area is 166 Å². The van der Waals surface area contributed by atoms with Crippen molar-refractivity contribution in [1.82, 2.24) is 15.6 Å². The van der Waals surface area contributed by atoms with E-state index in [2.05, 4.69) is 15.6 Å². The lowest BCUT2D eigenvalue weighted by Crippen LogP contribution is -2.50. The zero-order valence-corrected chi connectivity index (χ0v) is 16.9. The minimum atomic E-state index is -1.15. The molecule has 0 fully saturated rings. The molecule has 27 heavy (non-hydrogen) atoms. The summed E-state index contributed by atoms with van der Waals surface area (Å²) in [7, 11) is 0. The Morgan fingerprint density at radius 1 is 1.26 bits per heavy atom. The SMILES string of the molecule is CC(OC(=O)c1csc(-c2cccc(Cl)c2)n1)C(=O)NC(=O)NC(C)(C)C. The van der Waals surface area contributed by atoms with Crippen LogP contribution < -0.4 is 10.6 Å². The van der Waals surface area contributed by atoms with Crippen LogP contribution in [0.3, 0.4) is 0 Å². The number of carbonyl (C=O) groups excluding carboxylic acids is 3. The first-order valence-corrected chi connectivity index (χ1v) is 9.36. The number of benzene rings is 1. The minimum Gasteiger partial charge on any atom is -0.448 e. The number of ether oxygens (including phenoxy) is 1. The minimum absolute atomic E-state index is 0.0776. The van der Waals surface area contributed by atoms with Gasteiger partial charge in [0.05, 0.1) is 0 Å².